The fraction of sp³-hybridized carbons (Fsp3) is 0.421. The molecule has 3 aromatic carbocycles. The van der Waals surface area contributed by atoms with E-state index in [4.69, 9.17) is 9.47 Å². The molecule has 0 N–H and O–H groups in total. The first-order valence-corrected chi connectivity index (χ1v) is 15.6. The summed E-state index contributed by atoms with van der Waals surface area (Å²) in [7, 11) is 0. The van der Waals surface area contributed by atoms with Crippen molar-refractivity contribution >= 4 is 0 Å². The molecule has 1 atom stereocenters. The molecular formula is C38H44O2. The van der Waals surface area contributed by atoms with Crippen molar-refractivity contribution in [3.63, 3.8) is 0 Å². The van der Waals surface area contributed by atoms with Crippen LogP contribution in [0, 0.1) is 5.92 Å². The summed E-state index contributed by atoms with van der Waals surface area (Å²) < 4.78 is 12.1. The summed E-state index contributed by atoms with van der Waals surface area (Å²) in [6, 6.07) is 28.7. The Morgan fingerprint density at radius 1 is 0.600 bits per heavy atom. The fourth-order valence-corrected chi connectivity index (χ4v) is 7.71. The summed E-state index contributed by atoms with van der Waals surface area (Å²) in [5.74, 6) is 2.34. The van der Waals surface area contributed by atoms with Crippen molar-refractivity contribution in [2.24, 2.45) is 5.92 Å². The first-order valence-electron chi connectivity index (χ1n) is 15.6. The second kappa shape index (κ2) is 12.1. The van der Waals surface area contributed by atoms with E-state index < -0.39 is 0 Å². The van der Waals surface area contributed by atoms with Gasteiger partial charge >= 0.3 is 0 Å². The summed E-state index contributed by atoms with van der Waals surface area (Å²) in [4.78, 5) is 0. The van der Waals surface area contributed by atoms with Gasteiger partial charge in [0.05, 0.1) is 0 Å². The van der Waals surface area contributed by atoms with E-state index in [-0.39, 0.29) is 17.6 Å². The van der Waals surface area contributed by atoms with E-state index in [1.807, 2.05) is 0 Å². The second-order valence-electron chi connectivity index (χ2n) is 12.4. The van der Waals surface area contributed by atoms with Gasteiger partial charge in [-0.15, -0.1) is 0 Å². The van der Waals surface area contributed by atoms with Gasteiger partial charge in [0.15, 0.2) is 0 Å². The molecule has 208 valence electrons. The van der Waals surface area contributed by atoms with Gasteiger partial charge in [-0.05, 0) is 79.0 Å². The van der Waals surface area contributed by atoms with Crippen molar-refractivity contribution in [1.82, 2.24) is 0 Å². The van der Waals surface area contributed by atoms with Crippen LogP contribution in [0.1, 0.15) is 94.2 Å². The van der Waals surface area contributed by atoms with E-state index in [1.54, 1.807) is 5.57 Å². The van der Waals surface area contributed by atoms with Gasteiger partial charge in [0.1, 0.15) is 11.5 Å². The molecule has 0 bridgehead atoms. The van der Waals surface area contributed by atoms with E-state index in [9.17, 15) is 0 Å². The predicted octanol–water partition coefficient (Wildman–Crippen LogP) is 10.1. The quantitative estimate of drug-likeness (QED) is 0.269. The molecule has 0 radical (unpaired) electrons. The molecule has 3 aromatic rings. The van der Waals surface area contributed by atoms with Gasteiger partial charge in [0.2, 0.25) is 6.79 Å². The molecule has 0 saturated heterocycles. The van der Waals surface area contributed by atoms with Gasteiger partial charge in [-0.1, -0.05) is 124 Å². The van der Waals surface area contributed by atoms with Gasteiger partial charge in [0, 0.05) is 10.8 Å². The normalized spacial score (nSPS) is 21.8. The van der Waals surface area contributed by atoms with Crippen LogP contribution >= 0.6 is 0 Å². The summed E-state index contributed by atoms with van der Waals surface area (Å²) in [6.07, 6.45) is 21.0. The Kier molecular flexibility index (Phi) is 8.14. The predicted molar refractivity (Wildman–Crippen MR) is 165 cm³/mol. The standard InChI is InChI=1S/C38H44O2/c1-30-12-11-15-34(28-30)38(26-9-4-10-27-38)33-18-22-36(23-19-33)40-29-39-35-20-16-32(17-21-35)37(24-7-3-8-25-37)31-13-5-2-6-14-31/h2,5-6,11-23,30H,3-4,7-10,24-29H2,1H3. The van der Waals surface area contributed by atoms with E-state index in [0.717, 1.165) is 11.5 Å². The maximum atomic E-state index is 6.04. The number of ether oxygens (including phenoxy) is 2. The minimum atomic E-state index is 0.119. The Bertz CT molecular complexity index is 1290. The first-order chi connectivity index (χ1) is 19.7. The van der Waals surface area contributed by atoms with E-state index >= 15 is 0 Å². The average molecular weight is 533 g/mol. The first kappa shape index (κ1) is 26.9. The Morgan fingerprint density at radius 2 is 1.10 bits per heavy atom. The molecule has 0 aromatic heterocycles. The molecule has 3 aliphatic carbocycles. The average Bonchev–Trinajstić information content (AvgIpc) is 3.03. The Labute approximate surface area is 241 Å². The molecule has 2 fully saturated rings. The fourth-order valence-electron chi connectivity index (χ4n) is 7.71. The zero-order chi connectivity index (χ0) is 27.3. The number of hydrogen-bond donors (Lipinski definition) is 0. The number of rotatable bonds is 8. The minimum absolute atomic E-state index is 0.119. The molecule has 6 rings (SSSR count). The third-order valence-electron chi connectivity index (χ3n) is 9.90. The number of benzene rings is 3. The van der Waals surface area contributed by atoms with Crippen molar-refractivity contribution < 1.29 is 9.47 Å². The molecule has 0 heterocycles. The zero-order valence-corrected chi connectivity index (χ0v) is 24.1. The Morgan fingerprint density at radius 3 is 1.65 bits per heavy atom. The van der Waals surface area contributed by atoms with Crippen LogP contribution in [0.2, 0.25) is 0 Å². The van der Waals surface area contributed by atoms with Crippen molar-refractivity contribution in [1.29, 1.82) is 0 Å². The van der Waals surface area contributed by atoms with Crippen molar-refractivity contribution in [3.8, 4) is 11.5 Å². The van der Waals surface area contributed by atoms with Crippen LogP contribution < -0.4 is 9.47 Å². The van der Waals surface area contributed by atoms with Crippen molar-refractivity contribution in [3.05, 3.63) is 119 Å². The molecule has 0 amide bonds. The molecule has 2 nitrogen and oxygen atoms in total. The smallest absolute Gasteiger partial charge is 0.230 e. The topological polar surface area (TPSA) is 18.5 Å². The van der Waals surface area contributed by atoms with Gasteiger partial charge in [-0.3, -0.25) is 0 Å². The summed E-state index contributed by atoms with van der Waals surface area (Å²) >= 11 is 0. The lowest BCUT2D eigenvalue weighted by Crippen LogP contribution is -2.32. The largest absolute Gasteiger partial charge is 0.458 e. The van der Waals surface area contributed by atoms with Gasteiger partial charge in [0.25, 0.3) is 0 Å². The Balaban J connectivity index is 1.10. The highest BCUT2D eigenvalue weighted by atomic mass is 16.7. The monoisotopic (exact) mass is 532 g/mol. The van der Waals surface area contributed by atoms with Crippen molar-refractivity contribution in [2.75, 3.05) is 6.79 Å². The molecule has 0 aliphatic heterocycles. The maximum Gasteiger partial charge on any atom is 0.230 e. The maximum absolute atomic E-state index is 6.04. The highest BCUT2D eigenvalue weighted by molar-refractivity contribution is 5.44. The van der Waals surface area contributed by atoms with Crippen LogP contribution in [-0.4, -0.2) is 6.79 Å². The van der Waals surface area contributed by atoms with Crippen LogP contribution in [0.4, 0.5) is 0 Å². The van der Waals surface area contributed by atoms with Gasteiger partial charge < -0.3 is 9.47 Å². The Hall–Kier alpha value is -3.26. The van der Waals surface area contributed by atoms with E-state index in [2.05, 4.69) is 104 Å². The van der Waals surface area contributed by atoms with Gasteiger partial charge in [-0.2, -0.15) is 0 Å². The van der Waals surface area contributed by atoms with E-state index in [0.29, 0.717) is 5.92 Å². The van der Waals surface area contributed by atoms with Crippen LogP contribution in [0.25, 0.3) is 0 Å². The molecule has 3 aliphatic rings. The van der Waals surface area contributed by atoms with E-state index in [1.165, 1.54) is 87.3 Å². The summed E-state index contributed by atoms with van der Waals surface area (Å²) in [5, 5.41) is 0. The van der Waals surface area contributed by atoms with Crippen molar-refractivity contribution in [2.45, 2.75) is 88.4 Å². The highest BCUT2D eigenvalue weighted by Gasteiger charge is 2.38. The second-order valence-corrected chi connectivity index (χ2v) is 12.4. The van der Waals surface area contributed by atoms with Gasteiger partial charge in [-0.25, -0.2) is 0 Å². The molecule has 2 heteroatoms. The summed E-state index contributed by atoms with van der Waals surface area (Å²) in [5.41, 5.74) is 6.20. The minimum Gasteiger partial charge on any atom is -0.458 e. The number of allylic oxidation sites excluding steroid dienone is 4. The lowest BCUT2D eigenvalue weighted by atomic mass is 9.62. The molecule has 0 spiro atoms. The lowest BCUT2D eigenvalue weighted by molar-refractivity contribution is 0.119. The highest BCUT2D eigenvalue weighted by Crippen LogP contribution is 2.48. The number of hydrogen-bond acceptors (Lipinski definition) is 2. The van der Waals surface area contributed by atoms with Crippen LogP contribution in [0.5, 0.6) is 11.5 Å². The molecular weight excluding hydrogens is 488 g/mol. The third-order valence-corrected chi connectivity index (χ3v) is 9.90. The van der Waals surface area contributed by atoms with Crippen LogP contribution in [-0.2, 0) is 10.8 Å². The summed E-state index contributed by atoms with van der Waals surface area (Å²) in [6.45, 7) is 2.54. The third kappa shape index (κ3) is 5.51. The zero-order valence-electron chi connectivity index (χ0n) is 24.1. The lowest BCUT2D eigenvalue weighted by Gasteiger charge is -2.42. The molecule has 2 saturated carbocycles. The van der Waals surface area contributed by atoms with Crippen LogP contribution in [0.15, 0.2) is 103 Å². The van der Waals surface area contributed by atoms with Crippen LogP contribution in [0.3, 0.4) is 0 Å². The molecule has 1 unspecified atom stereocenters. The SMILES string of the molecule is CC1C=CC=C(C2(c3ccc(OCOc4ccc(C5(c6ccccc6)CCCCC5)cc4)cc3)CCCCC2)C1. The molecule has 40 heavy (non-hydrogen) atoms.